The molecule has 31 heavy (non-hydrogen) atoms. The summed E-state index contributed by atoms with van der Waals surface area (Å²) in [6, 6.07) is 11.1. The number of hydrogen-bond donors (Lipinski definition) is 1. The summed E-state index contributed by atoms with van der Waals surface area (Å²) in [6.45, 7) is 3.83. The topological polar surface area (TPSA) is 75.0 Å². The molecular weight excluding hydrogens is 435 g/mol. The van der Waals surface area contributed by atoms with E-state index < -0.39 is 0 Å². The summed E-state index contributed by atoms with van der Waals surface area (Å²) in [6.07, 6.45) is 2.11. The molecule has 1 saturated heterocycles. The van der Waals surface area contributed by atoms with Gasteiger partial charge in [0.05, 0.1) is 32.8 Å². The lowest BCUT2D eigenvalue weighted by Crippen LogP contribution is -2.38. The van der Waals surface area contributed by atoms with Gasteiger partial charge in [-0.15, -0.1) is 0 Å². The average molecular weight is 455 g/mol. The van der Waals surface area contributed by atoms with Gasteiger partial charge in [-0.3, -0.25) is 4.79 Å². The Kier molecular flexibility index (Phi) is 4.99. The highest BCUT2D eigenvalue weighted by Gasteiger charge is 2.33. The molecule has 8 heteroatoms. The van der Waals surface area contributed by atoms with Gasteiger partial charge in [0.1, 0.15) is 11.6 Å². The molecule has 2 aromatic carbocycles. The minimum absolute atomic E-state index is 0.0477. The Morgan fingerprint density at radius 2 is 1.97 bits per heavy atom. The molecule has 0 radical (unpaired) electrons. The summed E-state index contributed by atoms with van der Waals surface area (Å²) in [7, 11) is 0. The van der Waals surface area contributed by atoms with E-state index >= 15 is 0 Å². The number of carbonyl (C=O) groups is 1. The number of rotatable bonds is 3. The van der Waals surface area contributed by atoms with Crippen molar-refractivity contribution < 1.29 is 9.32 Å². The molecule has 3 heterocycles. The number of nitrogens with one attached hydrogen (secondary N) is 1. The fourth-order valence-electron chi connectivity index (χ4n) is 4.32. The van der Waals surface area contributed by atoms with Crippen molar-refractivity contribution in [3.05, 3.63) is 63.7 Å². The number of benzene rings is 2. The van der Waals surface area contributed by atoms with Crippen molar-refractivity contribution in [3.63, 3.8) is 0 Å². The molecule has 0 spiro atoms. The predicted molar refractivity (Wildman–Crippen MR) is 122 cm³/mol. The molecule has 0 bridgehead atoms. The largest absolute Gasteiger partial charge is 0.361 e. The summed E-state index contributed by atoms with van der Waals surface area (Å²) in [5.41, 5.74) is 5.30. The standard InChI is InChI=1S/C23H20Cl2N4O2/c1-12-22(13(2)31-28-12)14-6-9-18-19(10-14)27-23(26-18)20-4-3-5-21(30)29(20)15-7-8-16(24)17(25)11-15/h6-11,20H,3-5H2,1-2H3,(H,26,27). The SMILES string of the molecule is Cc1noc(C)c1-c1ccc2[nH]c(C3CCCC(=O)N3c3ccc(Cl)c(Cl)c3)nc2c1. The van der Waals surface area contributed by atoms with Gasteiger partial charge >= 0.3 is 0 Å². The Morgan fingerprint density at radius 1 is 1.13 bits per heavy atom. The van der Waals surface area contributed by atoms with Gasteiger partial charge in [-0.25, -0.2) is 4.98 Å². The van der Waals surface area contributed by atoms with Crippen LogP contribution in [0.2, 0.25) is 10.0 Å². The molecule has 0 saturated carbocycles. The van der Waals surface area contributed by atoms with Crippen molar-refractivity contribution >= 4 is 45.8 Å². The second-order valence-electron chi connectivity index (χ2n) is 7.82. The number of H-pyrrole nitrogens is 1. The van der Waals surface area contributed by atoms with Crippen LogP contribution in [0.5, 0.6) is 0 Å². The number of amides is 1. The number of piperidine rings is 1. The normalized spacial score (nSPS) is 17.0. The van der Waals surface area contributed by atoms with E-state index in [2.05, 4.69) is 10.1 Å². The highest BCUT2D eigenvalue weighted by Crippen LogP contribution is 2.38. The number of fused-ring (bicyclic) bond motifs is 1. The monoisotopic (exact) mass is 454 g/mol. The van der Waals surface area contributed by atoms with Crippen molar-refractivity contribution in [2.75, 3.05) is 4.90 Å². The van der Waals surface area contributed by atoms with Crippen molar-refractivity contribution in [1.29, 1.82) is 0 Å². The smallest absolute Gasteiger partial charge is 0.227 e. The van der Waals surface area contributed by atoms with E-state index in [1.807, 2.05) is 38.1 Å². The van der Waals surface area contributed by atoms with Crippen LogP contribution in [0, 0.1) is 13.8 Å². The lowest BCUT2D eigenvalue weighted by atomic mass is 10.00. The van der Waals surface area contributed by atoms with Crippen LogP contribution in [0.1, 0.15) is 42.6 Å². The number of halogens is 2. The maximum Gasteiger partial charge on any atom is 0.227 e. The van der Waals surface area contributed by atoms with Crippen LogP contribution in [0.25, 0.3) is 22.2 Å². The first-order chi connectivity index (χ1) is 14.9. The van der Waals surface area contributed by atoms with Crippen molar-refractivity contribution in [2.45, 2.75) is 39.2 Å². The first-order valence-electron chi connectivity index (χ1n) is 10.1. The molecule has 1 amide bonds. The highest BCUT2D eigenvalue weighted by atomic mass is 35.5. The maximum absolute atomic E-state index is 12.9. The van der Waals surface area contributed by atoms with Crippen LogP contribution in [-0.4, -0.2) is 21.0 Å². The van der Waals surface area contributed by atoms with E-state index in [0.29, 0.717) is 16.5 Å². The van der Waals surface area contributed by atoms with E-state index in [0.717, 1.165) is 58.0 Å². The summed E-state index contributed by atoms with van der Waals surface area (Å²) in [5.74, 6) is 1.58. The molecule has 1 atom stereocenters. The third kappa shape index (κ3) is 3.50. The first kappa shape index (κ1) is 20.1. The van der Waals surface area contributed by atoms with Crippen molar-refractivity contribution in [1.82, 2.24) is 15.1 Å². The fourth-order valence-corrected chi connectivity index (χ4v) is 4.61. The zero-order chi connectivity index (χ0) is 21.7. The molecule has 5 rings (SSSR count). The molecule has 6 nitrogen and oxygen atoms in total. The zero-order valence-electron chi connectivity index (χ0n) is 17.1. The van der Waals surface area contributed by atoms with Crippen LogP contribution in [0.3, 0.4) is 0 Å². The molecule has 1 fully saturated rings. The van der Waals surface area contributed by atoms with Gasteiger partial charge in [-0.1, -0.05) is 34.4 Å². The molecule has 158 valence electrons. The molecule has 4 aromatic rings. The lowest BCUT2D eigenvalue weighted by molar-refractivity contribution is -0.120. The van der Waals surface area contributed by atoms with E-state index in [4.69, 9.17) is 32.7 Å². The molecule has 1 unspecified atom stereocenters. The molecule has 1 aliphatic rings. The van der Waals surface area contributed by atoms with Crippen LogP contribution < -0.4 is 4.90 Å². The number of hydrogen-bond acceptors (Lipinski definition) is 4. The van der Waals surface area contributed by atoms with E-state index in [1.165, 1.54) is 0 Å². The third-order valence-corrected chi connectivity index (χ3v) is 6.51. The van der Waals surface area contributed by atoms with Crippen LogP contribution in [0.4, 0.5) is 5.69 Å². The number of carbonyl (C=O) groups excluding carboxylic acids is 1. The molecular formula is C23H20Cl2N4O2. The quantitative estimate of drug-likeness (QED) is 0.388. The van der Waals surface area contributed by atoms with Gasteiger partial charge in [0.2, 0.25) is 5.91 Å². The highest BCUT2D eigenvalue weighted by molar-refractivity contribution is 6.42. The number of nitrogens with zero attached hydrogens (tertiary/aromatic N) is 3. The molecule has 1 aliphatic heterocycles. The Morgan fingerprint density at radius 3 is 2.71 bits per heavy atom. The Balaban J connectivity index is 1.56. The summed E-state index contributed by atoms with van der Waals surface area (Å²) in [4.78, 5) is 22.9. The lowest BCUT2D eigenvalue weighted by Gasteiger charge is -2.34. The summed E-state index contributed by atoms with van der Waals surface area (Å²) >= 11 is 12.3. The number of aromatic amines is 1. The second-order valence-corrected chi connectivity index (χ2v) is 8.64. The van der Waals surface area contributed by atoms with Gasteiger partial charge in [0, 0.05) is 17.7 Å². The predicted octanol–water partition coefficient (Wildman–Crippen LogP) is 6.40. The minimum Gasteiger partial charge on any atom is -0.361 e. The number of anilines is 1. The fraction of sp³-hybridized carbons (Fsp3) is 0.261. The summed E-state index contributed by atoms with van der Waals surface area (Å²) < 4.78 is 5.31. The molecule has 2 aromatic heterocycles. The second kappa shape index (κ2) is 7.70. The zero-order valence-corrected chi connectivity index (χ0v) is 18.6. The Labute approximate surface area is 189 Å². The third-order valence-electron chi connectivity index (χ3n) is 5.77. The van der Waals surface area contributed by atoms with Crippen LogP contribution >= 0.6 is 23.2 Å². The van der Waals surface area contributed by atoms with E-state index in [-0.39, 0.29) is 11.9 Å². The van der Waals surface area contributed by atoms with Gasteiger partial charge in [-0.2, -0.15) is 0 Å². The van der Waals surface area contributed by atoms with E-state index in [1.54, 1.807) is 17.0 Å². The maximum atomic E-state index is 12.9. The Hall–Kier alpha value is -2.83. The molecule has 1 N–H and O–H groups in total. The Bertz CT molecular complexity index is 1290. The average Bonchev–Trinajstić information content (AvgIpc) is 3.32. The van der Waals surface area contributed by atoms with Gasteiger partial charge in [-0.05, 0) is 62.6 Å². The van der Waals surface area contributed by atoms with Gasteiger partial charge in [0.15, 0.2) is 0 Å². The molecule has 0 aliphatic carbocycles. The van der Waals surface area contributed by atoms with E-state index in [9.17, 15) is 4.79 Å². The van der Waals surface area contributed by atoms with Crippen molar-refractivity contribution in [2.24, 2.45) is 0 Å². The van der Waals surface area contributed by atoms with Gasteiger partial charge in [0.25, 0.3) is 0 Å². The number of aryl methyl sites for hydroxylation is 2. The van der Waals surface area contributed by atoms with Crippen molar-refractivity contribution in [3.8, 4) is 11.1 Å². The number of aromatic nitrogens is 3. The minimum atomic E-state index is -0.201. The van der Waals surface area contributed by atoms with Crippen LogP contribution in [0.15, 0.2) is 40.9 Å². The summed E-state index contributed by atoms with van der Waals surface area (Å²) in [5, 5.41) is 4.93. The first-order valence-corrected chi connectivity index (χ1v) is 10.9. The number of imidazole rings is 1. The van der Waals surface area contributed by atoms with Gasteiger partial charge < -0.3 is 14.4 Å². The van der Waals surface area contributed by atoms with Crippen LogP contribution in [-0.2, 0) is 4.79 Å².